The molecule has 1 fully saturated rings. The summed E-state index contributed by atoms with van der Waals surface area (Å²) in [5, 5.41) is 3.99. The van der Waals surface area contributed by atoms with Crippen LogP contribution in [0.25, 0.3) is 0 Å². The first-order valence-electron chi connectivity index (χ1n) is 7.26. The number of hydrogen-bond acceptors (Lipinski definition) is 3. The quantitative estimate of drug-likeness (QED) is 0.786. The topological polar surface area (TPSA) is 26.8 Å². The number of benzene rings is 1. The lowest BCUT2D eigenvalue weighted by Crippen LogP contribution is -2.58. The van der Waals surface area contributed by atoms with Crippen LogP contribution in [0.1, 0.15) is 26.3 Å². The number of piperazine rings is 1. The van der Waals surface area contributed by atoms with Crippen molar-refractivity contribution in [2.24, 2.45) is 0 Å². The third-order valence-corrected chi connectivity index (χ3v) is 3.69. The molecule has 1 aromatic rings. The summed E-state index contributed by atoms with van der Waals surface area (Å²) in [5.41, 5.74) is 1.20. The van der Waals surface area contributed by atoms with Gasteiger partial charge in [-0.2, -0.15) is 0 Å². The lowest BCUT2D eigenvalue weighted by atomic mass is 10.1. The van der Waals surface area contributed by atoms with E-state index >= 15 is 0 Å². The van der Waals surface area contributed by atoms with Crippen molar-refractivity contribution < 1.29 is 4.79 Å². The maximum Gasteiger partial charge on any atom is 0.224 e. The molecule has 110 valence electrons. The van der Waals surface area contributed by atoms with Crippen LogP contribution in [0.5, 0.6) is 0 Å². The summed E-state index contributed by atoms with van der Waals surface area (Å²) in [5.74, 6) is 0. The van der Waals surface area contributed by atoms with Crippen LogP contribution in [0.2, 0.25) is 0 Å². The van der Waals surface area contributed by atoms with Crippen LogP contribution in [-0.2, 0) is 11.3 Å². The highest BCUT2D eigenvalue weighted by atomic mass is 16.2. The van der Waals surface area contributed by atoms with Crippen LogP contribution in [-0.4, -0.2) is 53.0 Å². The summed E-state index contributed by atoms with van der Waals surface area (Å²) >= 11 is 0. The Hall–Kier alpha value is -1.39. The van der Waals surface area contributed by atoms with Crippen LogP contribution in [0.15, 0.2) is 30.3 Å². The molecule has 0 spiro atoms. The molecule has 1 aliphatic heterocycles. The van der Waals surface area contributed by atoms with Crippen molar-refractivity contribution in [2.75, 3.05) is 26.2 Å². The van der Waals surface area contributed by atoms with E-state index in [-0.39, 0.29) is 5.54 Å². The van der Waals surface area contributed by atoms with Gasteiger partial charge >= 0.3 is 0 Å². The molecule has 0 aromatic heterocycles. The van der Waals surface area contributed by atoms with E-state index in [1.54, 1.807) is 0 Å². The molecule has 1 aliphatic rings. The Bertz CT molecular complexity index is 419. The van der Waals surface area contributed by atoms with Gasteiger partial charge in [-0.15, -0.1) is 0 Å². The molecule has 0 N–H and O–H groups in total. The van der Waals surface area contributed by atoms with Gasteiger partial charge in [0, 0.05) is 32.7 Å². The lowest BCUT2D eigenvalue weighted by Gasteiger charge is -2.45. The predicted octanol–water partition coefficient (Wildman–Crippen LogP) is 1.98. The first-order valence-corrected chi connectivity index (χ1v) is 7.26. The van der Waals surface area contributed by atoms with Crippen molar-refractivity contribution in [3.05, 3.63) is 35.9 Å². The Morgan fingerprint density at radius 1 is 1.10 bits per heavy atom. The molecule has 4 heteroatoms. The number of hydrazine groups is 1. The van der Waals surface area contributed by atoms with Gasteiger partial charge in [-0.25, -0.2) is 5.01 Å². The average molecular weight is 275 g/mol. The van der Waals surface area contributed by atoms with E-state index in [0.29, 0.717) is 0 Å². The summed E-state index contributed by atoms with van der Waals surface area (Å²) in [4.78, 5) is 13.7. The van der Waals surface area contributed by atoms with E-state index in [4.69, 9.17) is 0 Å². The summed E-state index contributed by atoms with van der Waals surface area (Å²) in [6.07, 6.45) is 0.951. The van der Waals surface area contributed by atoms with Gasteiger partial charge < -0.3 is 0 Å². The van der Waals surface area contributed by atoms with Gasteiger partial charge in [0.1, 0.15) is 0 Å². The maximum atomic E-state index is 11.3. The van der Waals surface area contributed by atoms with E-state index in [1.165, 1.54) is 5.56 Å². The van der Waals surface area contributed by atoms with Crippen LogP contribution in [0, 0.1) is 0 Å². The molecule has 4 nitrogen and oxygen atoms in total. The van der Waals surface area contributed by atoms with Crippen molar-refractivity contribution in [3.63, 3.8) is 0 Å². The predicted molar refractivity (Wildman–Crippen MR) is 80.9 cm³/mol. The molecule has 2 rings (SSSR count). The van der Waals surface area contributed by atoms with Crippen molar-refractivity contribution in [1.82, 2.24) is 14.9 Å². The van der Waals surface area contributed by atoms with Gasteiger partial charge in [-0.05, 0) is 26.3 Å². The fourth-order valence-corrected chi connectivity index (χ4v) is 2.60. The van der Waals surface area contributed by atoms with Crippen LogP contribution < -0.4 is 0 Å². The van der Waals surface area contributed by atoms with Gasteiger partial charge in [0.15, 0.2) is 0 Å². The fourth-order valence-electron chi connectivity index (χ4n) is 2.60. The van der Waals surface area contributed by atoms with E-state index < -0.39 is 0 Å². The van der Waals surface area contributed by atoms with Gasteiger partial charge in [0.05, 0.1) is 5.54 Å². The minimum Gasteiger partial charge on any atom is -0.296 e. The summed E-state index contributed by atoms with van der Waals surface area (Å²) in [6.45, 7) is 11.0. The number of carbonyl (C=O) groups excluding carboxylic acids is 1. The maximum absolute atomic E-state index is 11.3. The number of nitrogens with zero attached hydrogens (tertiary/aromatic N) is 3. The molecule has 0 aliphatic carbocycles. The molecule has 1 heterocycles. The molecule has 20 heavy (non-hydrogen) atoms. The molecule has 0 unspecified atom stereocenters. The summed E-state index contributed by atoms with van der Waals surface area (Å²) in [7, 11) is 0. The van der Waals surface area contributed by atoms with Gasteiger partial charge in [0.2, 0.25) is 6.41 Å². The van der Waals surface area contributed by atoms with Gasteiger partial charge in [-0.1, -0.05) is 30.3 Å². The Kier molecular flexibility index (Phi) is 4.78. The summed E-state index contributed by atoms with van der Waals surface area (Å²) < 4.78 is 0. The normalized spacial score (nSPS) is 17.9. The lowest BCUT2D eigenvalue weighted by molar-refractivity contribution is -0.152. The minimum absolute atomic E-state index is 0.149. The standard InChI is InChI=1S/C16H25N3O/c1-16(2,3)19(14-20)18-11-9-17(10-12-18)13-15-7-5-4-6-8-15/h4-8,14H,9-13H2,1-3H3. The number of carbonyl (C=O) groups is 1. The fraction of sp³-hybridized carbons (Fsp3) is 0.562. The van der Waals surface area contributed by atoms with Gasteiger partial charge in [0.25, 0.3) is 0 Å². The third kappa shape index (κ3) is 3.81. The largest absolute Gasteiger partial charge is 0.296 e. The Morgan fingerprint density at radius 3 is 2.20 bits per heavy atom. The number of hydrogen-bond donors (Lipinski definition) is 0. The third-order valence-electron chi connectivity index (χ3n) is 3.69. The first-order chi connectivity index (χ1) is 9.50. The minimum atomic E-state index is -0.149. The Balaban J connectivity index is 1.87. The first kappa shape index (κ1) is 15.0. The molecule has 1 saturated heterocycles. The van der Waals surface area contributed by atoms with Crippen LogP contribution >= 0.6 is 0 Å². The number of amides is 1. The smallest absolute Gasteiger partial charge is 0.224 e. The molecule has 1 aromatic carbocycles. The SMILES string of the molecule is CC(C)(C)N(C=O)N1CCN(Cc2ccccc2)CC1. The molecule has 0 atom stereocenters. The van der Waals surface area contributed by atoms with Crippen LogP contribution in [0.4, 0.5) is 0 Å². The second kappa shape index (κ2) is 6.37. The highest BCUT2D eigenvalue weighted by molar-refractivity contribution is 5.47. The van der Waals surface area contributed by atoms with Crippen molar-refractivity contribution in [2.45, 2.75) is 32.9 Å². The highest BCUT2D eigenvalue weighted by Gasteiger charge is 2.28. The van der Waals surface area contributed by atoms with Crippen molar-refractivity contribution in [3.8, 4) is 0 Å². The Labute approximate surface area is 121 Å². The second-order valence-electron chi connectivity index (χ2n) is 6.34. The number of rotatable bonds is 4. The van der Waals surface area contributed by atoms with Crippen molar-refractivity contribution >= 4 is 6.41 Å². The highest BCUT2D eigenvalue weighted by Crippen LogP contribution is 2.17. The van der Waals surface area contributed by atoms with Gasteiger partial charge in [-0.3, -0.25) is 14.7 Å². The molecule has 0 saturated carbocycles. The molecular formula is C16H25N3O. The average Bonchev–Trinajstić information content (AvgIpc) is 2.41. The zero-order valence-corrected chi connectivity index (χ0v) is 12.7. The molecule has 0 bridgehead atoms. The zero-order valence-electron chi connectivity index (χ0n) is 12.7. The summed E-state index contributed by atoms with van der Waals surface area (Å²) in [6, 6.07) is 10.5. The van der Waals surface area contributed by atoms with Crippen molar-refractivity contribution in [1.29, 1.82) is 0 Å². The molecule has 1 amide bonds. The van der Waals surface area contributed by atoms with Crippen LogP contribution in [0.3, 0.4) is 0 Å². The zero-order chi connectivity index (χ0) is 14.6. The molecular weight excluding hydrogens is 250 g/mol. The molecule has 0 radical (unpaired) electrons. The van der Waals surface area contributed by atoms with E-state index in [1.807, 2.05) is 11.1 Å². The Morgan fingerprint density at radius 2 is 1.70 bits per heavy atom. The monoisotopic (exact) mass is 275 g/mol. The second-order valence-corrected chi connectivity index (χ2v) is 6.34. The van der Waals surface area contributed by atoms with E-state index in [0.717, 1.165) is 39.1 Å². The van der Waals surface area contributed by atoms with E-state index in [2.05, 4.69) is 54.9 Å². The van der Waals surface area contributed by atoms with E-state index in [9.17, 15) is 4.79 Å².